The van der Waals surface area contributed by atoms with Crippen LogP contribution in [0.4, 0.5) is 0 Å². The highest BCUT2D eigenvalue weighted by molar-refractivity contribution is 7.17. The van der Waals surface area contributed by atoms with Gasteiger partial charge in [0.05, 0.1) is 14.2 Å². The van der Waals surface area contributed by atoms with E-state index in [1.807, 2.05) is 0 Å². The van der Waals surface area contributed by atoms with Crippen LogP contribution in [0.25, 0.3) is 10.4 Å². The molecular weight excluding hydrogens is 288 g/mol. The fraction of sp³-hybridized carbons (Fsp3) is 0.154. The van der Waals surface area contributed by atoms with Crippen LogP contribution in [-0.2, 0) is 0 Å². The zero-order valence-electron chi connectivity index (χ0n) is 10.3. The lowest BCUT2D eigenvalue weighted by Gasteiger charge is -2.11. The molecule has 2 rings (SSSR count). The summed E-state index contributed by atoms with van der Waals surface area (Å²) in [4.78, 5) is 11.9. The van der Waals surface area contributed by atoms with Gasteiger partial charge in [-0.3, -0.25) is 0 Å². The highest BCUT2D eigenvalue weighted by Crippen LogP contribution is 2.43. The predicted molar refractivity (Wildman–Crippen MR) is 74.8 cm³/mol. The first-order chi connectivity index (χ1) is 9.08. The van der Waals surface area contributed by atoms with Crippen LogP contribution in [0.15, 0.2) is 24.3 Å². The van der Waals surface area contributed by atoms with E-state index in [9.17, 15) is 4.79 Å². The number of ether oxygens (including phenoxy) is 2. The number of rotatable bonds is 4. The molecule has 0 fully saturated rings. The van der Waals surface area contributed by atoms with Crippen molar-refractivity contribution in [3.63, 3.8) is 0 Å². The van der Waals surface area contributed by atoms with E-state index in [-0.39, 0.29) is 4.88 Å². The maximum Gasteiger partial charge on any atom is 0.345 e. The van der Waals surface area contributed by atoms with Crippen LogP contribution in [0, 0.1) is 0 Å². The van der Waals surface area contributed by atoms with Gasteiger partial charge in [0, 0.05) is 10.4 Å². The summed E-state index contributed by atoms with van der Waals surface area (Å²) in [7, 11) is 3.03. The topological polar surface area (TPSA) is 55.8 Å². The van der Waals surface area contributed by atoms with E-state index in [1.165, 1.54) is 25.6 Å². The molecule has 19 heavy (non-hydrogen) atoms. The first kappa shape index (κ1) is 13.7. The number of hydrogen-bond acceptors (Lipinski definition) is 4. The number of aromatic carboxylic acids is 1. The minimum absolute atomic E-state index is 0.268. The van der Waals surface area contributed by atoms with Gasteiger partial charge >= 0.3 is 5.97 Å². The quantitative estimate of drug-likeness (QED) is 0.933. The van der Waals surface area contributed by atoms with E-state index in [2.05, 4.69) is 0 Å². The summed E-state index contributed by atoms with van der Waals surface area (Å²) in [5.74, 6) is 0.0342. The highest BCUT2D eigenvalue weighted by atomic mass is 35.5. The van der Waals surface area contributed by atoms with Gasteiger partial charge in [-0.15, -0.1) is 11.3 Å². The Balaban J connectivity index is 2.55. The van der Waals surface area contributed by atoms with Crippen molar-refractivity contribution in [1.82, 2.24) is 0 Å². The van der Waals surface area contributed by atoms with Crippen LogP contribution in [0.1, 0.15) is 9.67 Å². The first-order valence-electron chi connectivity index (χ1n) is 5.32. The Morgan fingerprint density at radius 2 is 1.95 bits per heavy atom. The number of methoxy groups -OCH3 is 2. The van der Waals surface area contributed by atoms with Crippen LogP contribution < -0.4 is 9.47 Å². The van der Waals surface area contributed by atoms with Gasteiger partial charge in [-0.25, -0.2) is 4.79 Å². The van der Waals surface area contributed by atoms with Crippen LogP contribution in [0.5, 0.6) is 11.5 Å². The maximum absolute atomic E-state index is 10.9. The number of carboxylic acid groups (broad SMARTS) is 1. The standard InChI is InChI=1S/C13H11ClO4S/c1-17-8-4-3-7(12(18-2)11(8)14)9-5-6-10(19-9)13(15)16/h3-6H,1-2H3,(H,15,16). The third kappa shape index (κ3) is 2.52. The number of halogens is 1. The highest BCUT2D eigenvalue weighted by Gasteiger charge is 2.17. The molecular formula is C13H11ClO4S. The van der Waals surface area contributed by atoms with Gasteiger partial charge in [-0.2, -0.15) is 0 Å². The van der Waals surface area contributed by atoms with Crippen molar-refractivity contribution in [3.05, 3.63) is 34.2 Å². The van der Waals surface area contributed by atoms with Gasteiger partial charge in [0.15, 0.2) is 0 Å². The van der Waals surface area contributed by atoms with Crippen molar-refractivity contribution in [1.29, 1.82) is 0 Å². The second kappa shape index (κ2) is 5.50. The lowest BCUT2D eigenvalue weighted by Crippen LogP contribution is -1.92. The lowest BCUT2D eigenvalue weighted by molar-refractivity contribution is 0.0702. The van der Waals surface area contributed by atoms with Crippen molar-refractivity contribution in [2.45, 2.75) is 0 Å². The van der Waals surface area contributed by atoms with Crippen LogP contribution in [-0.4, -0.2) is 25.3 Å². The van der Waals surface area contributed by atoms with Gasteiger partial charge in [-0.05, 0) is 24.3 Å². The largest absolute Gasteiger partial charge is 0.495 e. The Bertz CT molecular complexity index is 621. The molecule has 0 aliphatic heterocycles. The smallest absolute Gasteiger partial charge is 0.345 e. The minimum atomic E-state index is -0.949. The van der Waals surface area contributed by atoms with E-state index in [0.29, 0.717) is 16.5 Å². The molecule has 0 aliphatic rings. The normalized spacial score (nSPS) is 10.3. The summed E-state index contributed by atoms with van der Waals surface area (Å²) in [6, 6.07) is 6.80. The SMILES string of the molecule is COc1ccc(-c2ccc(C(=O)O)s2)c(OC)c1Cl. The Hall–Kier alpha value is -1.72. The Labute approximate surface area is 119 Å². The molecule has 1 heterocycles. The van der Waals surface area contributed by atoms with E-state index < -0.39 is 5.97 Å². The number of carboxylic acids is 1. The fourth-order valence-electron chi connectivity index (χ4n) is 1.69. The average molecular weight is 299 g/mol. The zero-order valence-corrected chi connectivity index (χ0v) is 11.8. The van der Waals surface area contributed by atoms with Crippen molar-refractivity contribution in [2.75, 3.05) is 14.2 Å². The van der Waals surface area contributed by atoms with Gasteiger partial charge in [0.1, 0.15) is 21.4 Å². The summed E-state index contributed by atoms with van der Waals surface area (Å²) < 4.78 is 10.4. The molecule has 0 saturated carbocycles. The minimum Gasteiger partial charge on any atom is -0.495 e. The molecule has 1 N–H and O–H groups in total. The van der Waals surface area contributed by atoms with E-state index in [1.54, 1.807) is 24.3 Å². The fourth-order valence-corrected chi connectivity index (χ4v) is 2.87. The second-order valence-electron chi connectivity index (χ2n) is 3.63. The monoisotopic (exact) mass is 298 g/mol. The number of thiophene rings is 1. The molecule has 0 aliphatic carbocycles. The van der Waals surface area contributed by atoms with E-state index in [4.69, 9.17) is 26.2 Å². The Kier molecular flexibility index (Phi) is 3.97. The number of hydrogen-bond donors (Lipinski definition) is 1. The van der Waals surface area contributed by atoms with Crippen molar-refractivity contribution >= 4 is 28.9 Å². The Morgan fingerprint density at radius 1 is 1.21 bits per heavy atom. The molecule has 2 aromatic rings. The second-order valence-corrected chi connectivity index (χ2v) is 5.09. The molecule has 0 amide bonds. The van der Waals surface area contributed by atoms with Crippen molar-refractivity contribution < 1.29 is 19.4 Å². The molecule has 100 valence electrons. The predicted octanol–water partition coefficient (Wildman–Crippen LogP) is 3.78. The van der Waals surface area contributed by atoms with E-state index >= 15 is 0 Å². The zero-order chi connectivity index (χ0) is 14.0. The molecule has 0 radical (unpaired) electrons. The maximum atomic E-state index is 10.9. The summed E-state index contributed by atoms with van der Waals surface area (Å²) in [6.07, 6.45) is 0. The number of carbonyl (C=O) groups is 1. The molecule has 1 aromatic carbocycles. The molecule has 0 unspecified atom stereocenters. The molecule has 4 nitrogen and oxygen atoms in total. The first-order valence-corrected chi connectivity index (χ1v) is 6.52. The molecule has 0 spiro atoms. The summed E-state index contributed by atoms with van der Waals surface area (Å²) >= 11 is 7.34. The molecule has 0 bridgehead atoms. The molecule has 6 heteroatoms. The van der Waals surface area contributed by atoms with E-state index in [0.717, 1.165) is 10.4 Å². The van der Waals surface area contributed by atoms with Crippen LogP contribution in [0.2, 0.25) is 5.02 Å². The lowest BCUT2D eigenvalue weighted by atomic mass is 10.1. The molecule has 0 atom stereocenters. The van der Waals surface area contributed by atoms with Crippen LogP contribution in [0.3, 0.4) is 0 Å². The van der Waals surface area contributed by atoms with Gasteiger partial charge < -0.3 is 14.6 Å². The van der Waals surface area contributed by atoms with Gasteiger partial charge in [-0.1, -0.05) is 11.6 Å². The summed E-state index contributed by atoms with van der Waals surface area (Å²) in [5, 5.41) is 9.31. The summed E-state index contributed by atoms with van der Waals surface area (Å²) in [6.45, 7) is 0. The third-order valence-corrected chi connectivity index (χ3v) is 4.03. The van der Waals surface area contributed by atoms with Gasteiger partial charge in [0.25, 0.3) is 0 Å². The van der Waals surface area contributed by atoms with Crippen molar-refractivity contribution in [2.24, 2.45) is 0 Å². The average Bonchev–Trinajstić information content (AvgIpc) is 2.87. The summed E-state index contributed by atoms with van der Waals surface area (Å²) in [5.41, 5.74) is 0.741. The van der Waals surface area contributed by atoms with Crippen LogP contribution >= 0.6 is 22.9 Å². The van der Waals surface area contributed by atoms with Crippen molar-refractivity contribution in [3.8, 4) is 21.9 Å². The Morgan fingerprint density at radius 3 is 2.47 bits per heavy atom. The van der Waals surface area contributed by atoms with Gasteiger partial charge in [0.2, 0.25) is 0 Å². The molecule has 0 saturated heterocycles. The molecule has 1 aromatic heterocycles. The number of benzene rings is 1. The third-order valence-electron chi connectivity index (χ3n) is 2.57.